The zero-order chi connectivity index (χ0) is 21.5. The minimum Gasteiger partial charge on any atom is -0.352 e. The van der Waals surface area contributed by atoms with Crippen LogP contribution in [0.4, 0.5) is 0 Å². The van der Waals surface area contributed by atoms with Crippen molar-refractivity contribution in [3.63, 3.8) is 0 Å². The molecule has 156 valence electrons. The van der Waals surface area contributed by atoms with Crippen molar-refractivity contribution in [3.8, 4) is 11.3 Å². The smallest absolute Gasteiger partial charge is 0.255 e. The lowest BCUT2D eigenvalue weighted by Crippen LogP contribution is -2.27. The Bertz CT molecular complexity index is 1000. The molecule has 0 unspecified atom stereocenters. The summed E-state index contributed by atoms with van der Waals surface area (Å²) in [4.78, 5) is 22.3. The Balaban J connectivity index is 1.84. The number of aromatic nitrogens is 2. The summed E-state index contributed by atoms with van der Waals surface area (Å²) in [6.45, 7) is 4.48. The predicted molar refractivity (Wildman–Crippen MR) is 123 cm³/mol. The third-order valence-corrected chi connectivity index (χ3v) is 5.18. The van der Waals surface area contributed by atoms with E-state index >= 15 is 0 Å². The van der Waals surface area contributed by atoms with Crippen LogP contribution >= 0.6 is 23.2 Å². The molecule has 0 saturated heterocycles. The maximum Gasteiger partial charge on any atom is 0.255 e. The first-order valence-corrected chi connectivity index (χ1v) is 10.9. The quantitative estimate of drug-likeness (QED) is 0.431. The Labute approximate surface area is 187 Å². The standard InChI is InChI=1S/C24H25Cl2N3O/c1-3-8-21-28-16(2)22(23(29-21)18-13-19(25)15-20(26)14-18)24(30)27-12-7-11-17-9-5-4-6-10-17/h4-6,9-10,13-15H,3,7-8,11-12H2,1-2H3,(H,27,30). The van der Waals surface area contributed by atoms with Crippen LogP contribution in [0, 0.1) is 6.92 Å². The Morgan fingerprint density at radius 3 is 2.37 bits per heavy atom. The lowest BCUT2D eigenvalue weighted by Gasteiger charge is -2.14. The van der Waals surface area contributed by atoms with Gasteiger partial charge in [-0.1, -0.05) is 60.5 Å². The first-order chi connectivity index (χ1) is 14.5. The fourth-order valence-corrected chi connectivity index (χ4v) is 3.89. The minimum atomic E-state index is -0.185. The molecule has 1 N–H and O–H groups in total. The van der Waals surface area contributed by atoms with E-state index in [4.69, 9.17) is 23.2 Å². The summed E-state index contributed by atoms with van der Waals surface area (Å²) < 4.78 is 0. The van der Waals surface area contributed by atoms with Gasteiger partial charge in [0.2, 0.25) is 0 Å². The van der Waals surface area contributed by atoms with Gasteiger partial charge in [-0.2, -0.15) is 0 Å². The van der Waals surface area contributed by atoms with E-state index in [1.807, 2.05) is 25.1 Å². The number of benzene rings is 2. The van der Waals surface area contributed by atoms with Gasteiger partial charge in [0.1, 0.15) is 5.82 Å². The second-order valence-corrected chi connectivity index (χ2v) is 8.07. The van der Waals surface area contributed by atoms with Crippen LogP contribution in [0.15, 0.2) is 48.5 Å². The number of rotatable bonds is 8. The number of hydrogen-bond acceptors (Lipinski definition) is 3. The number of halogens is 2. The van der Waals surface area contributed by atoms with E-state index in [1.54, 1.807) is 18.2 Å². The molecule has 0 aliphatic carbocycles. The van der Waals surface area contributed by atoms with Gasteiger partial charge >= 0.3 is 0 Å². The third kappa shape index (κ3) is 5.80. The van der Waals surface area contributed by atoms with E-state index in [2.05, 4.69) is 34.3 Å². The molecule has 1 aromatic heterocycles. The Morgan fingerprint density at radius 2 is 1.70 bits per heavy atom. The predicted octanol–water partition coefficient (Wildman–Crippen LogP) is 6.07. The van der Waals surface area contributed by atoms with E-state index in [0.29, 0.717) is 44.9 Å². The number of carbonyl (C=O) groups is 1. The zero-order valence-corrected chi connectivity index (χ0v) is 18.7. The first kappa shape index (κ1) is 22.3. The molecule has 0 bridgehead atoms. The fourth-order valence-electron chi connectivity index (χ4n) is 3.36. The molecule has 0 fully saturated rings. The highest BCUT2D eigenvalue weighted by molar-refractivity contribution is 6.35. The molecular weight excluding hydrogens is 417 g/mol. The van der Waals surface area contributed by atoms with E-state index < -0.39 is 0 Å². The summed E-state index contributed by atoms with van der Waals surface area (Å²) in [5.74, 6) is 0.524. The molecule has 4 nitrogen and oxygen atoms in total. The number of nitrogens with one attached hydrogen (secondary N) is 1. The van der Waals surface area contributed by atoms with Crippen molar-refractivity contribution in [3.05, 3.63) is 81.2 Å². The average molecular weight is 442 g/mol. The molecule has 2 aromatic carbocycles. The molecule has 0 spiro atoms. The average Bonchev–Trinajstić information content (AvgIpc) is 2.71. The lowest BCUT2D eigenvalue weighted by atomic mass is 10.0. The first-order valence-electron chi connectivity index (χ1n) is 10.1. The molecule has 6 heteroatoms. The second-order valence-electron chi connectivity index (χ2n) is 7.20. The summed E-state index contributed by atoms with van der Waals surface area (Å²) in [6.07, 6.45) is 3.41. The Kier molecular flexibility index (Phi) is 7.83. The van der Waals surface area contributed by atoms with E-state index in [0.717, 1.165) is 25.7 Å². The van der Waals surface area contributed by atoms with Crippen LogP contribution in [0.5, 0.6) is 0 Å². The van der Waals surface area contributed by atoms with Crippen molar-refractivity contribution >= 4 is 29.1 Å². The van der Waals surface area contributed by atoms with Gasteiger partial charge in [0.05, 0.1) is 17.0 Å². The van der Waals surface area contributed by atoms with Crippen LogP contribution in [0.25, 0.3) is 11.3 Å². The number of amides is 1. The van der Waals surface area contributed by atoms with Gasteiger partial charge in [-0.3, -0.25) is 4.79 Å². The molecular formula is C24H25Cl2N3O. The fraction of sp³-hybridized carbons (Fsp3) is 0.292. The van der Waals surface area contributed by atoms with Gasteiger partial charge in [-0.25, -0.2) is 9.97 Å². The van der Waals surface area contributed by atoms with Crippen LogP contribution in [0.2, 0.25) is 10.0 Å². The lowest BCUT2D eigenvalue weighted by molar-refractivity contribution is 0.0952. The molecule has 0 aliphatic heterocycles. The monoisotopic (exact) mass is 441 g/mol. The summed E-state index contributed by atoms with van der Waals surface area (Å²) >= 11 is 12.4. The number of carbonyl (C=O) groups excluding carboxylic acids is 1. The van der Waals surface area contributed by atoms with Crippen LogP contribution in [0.3, 0.4) is 0 Å². The largest absolute Gasteiger partial charge is 0.352 e. The molecule has 0 saturated carbocycles. The normalized spacial score (nSPS) is 10.8. The molecule has 3 aromatic rings. The van der Waals surface area contributed by atoms with Crippen LogP contribution in [-0.4, -0.2) is 22.4 Å². The minimum absolute atomic E-state index is 0.185. The Hall–Kier alpha value is -2.43. The maximum absolute atomic E-state index is 13.1. The van der Waals surface area contributed by atoms with Gasteiger partial charge in [0.15, 0.2) is 0 Å². The molecule has 1 heterocycles. The Morgan fingerprint density at radius 1 is 1.00 bits per heavy atom. The van der Waals surface area contributed by atoms with Crippen molar-refractivity contribution in [2.45, 2.75) is 39.5 Å². The van der Waals surface area contributed by atoms with E-state index in [9.17, 15) is 4.79 Å². The molecule has 0 radical (unpaired) electrons. The summed E-state index contributed by atoms with van der Waals surface area (Å²) in [5.41, 5.74) is 3.65. The van der Waals surface area contributed by atoms with E-state index in [1.165, 1.54) is 5.56 Å². The van der Waals surface area contributed by atoms with Crippen molar-refractivity contribution in [1.29, 1.82) is 0 Å². The van der Waals surface area contributed by atoms with Crippen LogP contribution < -0.4 is 5.32 Å². The maximum atomic E-state index is 13.1. The van der Waals surface area contributed by atoms with Gasteiger partial charge in [-0.05, 0) is 49.9 Å². The number of hydrogen-bond donors (Lipinski definition) is 1. The topological polar surface area (TPSA) is 54.9 Å². The molecule has 1 amide bonds. The van der Waals surface area contributed by atoms with E-state index in [-0.39, 0.29) is 5.91 Å². The molecule has 3 rings (SSSR count). The highest BCUT2D eigenvalue weighted by Gasteiger charge is 2.20. The molecule has 0 aliphatic rings. The second kappa shape index (κ2) is 10.6. The summed E-state index contributed by atoms with van der Waals surface area (Å²) in [7, 11) is 0. The van der Waals surface area contributed by atoms with Gasteiger partial charge in [0, 0.05) is 28.6 Å². The highest BCUT2D eigenvalue weighted by atomic mass is 35.5. The zero-order valence-electron chi connectivity index (χ0n) is 17.2. The van der Waals surface area contributed by atoms with Gasteiger partial charge in [-0.15, -0.1) is 0 Å². The number of nitrogens with zero attached hydrogens (tertiary/aromatic N) is 2. The third-order valence-electron chi connectivity index (χ3n) is 4.74. The van der Waals surface area contributed by atoms with Crippen molar-refractivity contribution in [1.82, 2.24) is 15.3 Å². The van der Waals surface area contributed by atoms with Crippen molar-refractivity contribution in [2.75, 3.05) is 6.54 Å². The highest BCUT2D eigenvalue weighted by Crippen LogP contribution is 2.29. The summed E-state index contributed by atoms with van der Waals surface area (Å²) in [5, 5.41) is 4.02. The van der Waals surface area contributed by atoms with Crippen molar-refractivity contribution < 1.29 is 4.79 Å². The molecule has 30 heavy (non-hydrogen) atoms. The van der Waals surface area contributed by atoms with Crippen molar-refractivity contribution in [2.24, 2.45) is 0 Å². The molecule has 0 atom stereocenters. The van der Waals surface area contributed by atoms with Gasteiger partial charge < -0.3 is 5.32 Å². The number of aryl methyl sites for hydroxylation is 3. The SMILES string of the molecule is CCCc1nc(C)c(C(=O)NCCCc2ccccc2)c(-c2cc(Cl)cc(Cl)c2)n1. The van der Waals surface area contributed by atoms with Gasteiger partial charge in [0.25, 0.3) is 5.91 Å². The van der Waals surface area contributed by atoms with Crippen LogP contribution in [0.1, 0.15) is 47.2 Å². The summed E-state index contributed by atoms with van der Waals surface area (Å²) in [6, 6.07) is 15.4. The van der Waals surface area contributed by atoms with Crippen LogP contribution in [-0.2, 0) is 12.8 Å².